The Bertz CT molecular complexity index is 513. The van der Waals surface area contributed by atoms with Crippen molar-refractivity contribution in [1.29, 1.82) is 0 Å². The Labute approximate surface area is 141 Å². The molecule has 0 radical (unpaired) electrons. The number of hydrogen-bond donors (Lipinski definition) is 1. The lowest BCUT2D eigenvalue weighted by Gasteiger charge is -2.32. The van der Waals surface area contributed by atoms with Gasteiger partial charge in [-0.15, -0.1) is 6.58 Å². The van der Waals surface area contributed by atoms with Crippen LogP contribution in [0.1, 0.15) is 25.7 Å². The number of carboxylic acid groups (broad SMARTS) is 1. The molecular formula is C17H23ClN2O3. The predicted octanol–water partition coefficient (Wildman–Crippen LogP) is 3.25. The van der Waals surface area contributed by atoms with Crippen LogP contribution in [0, 0.1) is 5.92 Å². The second-order valence-corrected chi connectivity index (χ2v) is 6.27. The molecule has 0 aromatic carbocycles. The van der Waals surface area contributed by atoms with Crippen LogP contribution >= 0.6 is 11.6 Å². The van der Waals surface area contributed by atoms with Crippen LogP contribution in [0.4, 0.5) is 0 Å². The van der Waals surface area contributed by atoms with Crippen molar-refractivity contribution in [2.24, 2.45) is 5.92 Å². The van der Waals surface area contributed by atoms with Gasteiger partial charge in [-0.3, -0.25) is 9.69 Å². The first-order valence-electron chi connectivity index (χ1n) is 7.92. The minimum Gasteiger partial charge on any atom is -0.481 e. The molecule has 6 heteroatoms. The van der Waals surface area contributed by atoms with Gasteiger partial charge in [0.2, 0.25) is 5.88 Å². The molecule has 5 nitrogen and oxygen atoms in total. The van der Waals surface area contributed by atoms with E-state index in [-0.39, 0.29) is 12.0 Å². The monoisotopic (exact) mass is 338 g/mol. The zero-order valence-corrected chi connectivity index (χ0v) is 13.9. The highest BCUT2D eigenvalue weighted by molar-refractivity contribution is 6.30. The first-order chi connectivity index (χ1) is 11.1. The molecule has 1 aromatic rings. The Hall–Kier alpha value is -1.59. The number of hydrogen-bond acceptors (Lipinski definition) is 4. The van der Waals surface area contributed by atoms with E-state index in [1.54, 1.807) is 18.3 Å². The van der Waals surface area contributed by atoms with E-state index in [2.05, 4.69) is 16.5 Å². The quantitative estimate of drug-likeness (QED) is 0.737. The van der Waals surface area contributed by atoms with Crippen molar-refractivity contribution in [1.82, 2.24) is 9.88 Å². The number of aromatic nitrogens is 1. The van der Waals surface area contributed by atoms with Crippen molar-refractivity contribution in [3.63, 3.8) is 0 Å². The minimum atomic E-state index is -0.686. The second-order valence-electron chi connectivity index (χ2n) is 5.83. The molecule has 0 aliphatic carbocycles. The molecule has 126 valence electrons. The van der Waals surface area contributed by atoms with Gasteiger partial charge in [0.15, 0.2) is 0 Å². The van der Waals surface area contributed by atoms with Crippen LogP contribution in [0.5, 0.6) is 5.88 Å². The Morgan fingerprint density at radius 2 is 2.26 bits per heavy atom. The number of nitrogens with zero attached hydrogens (tertiary/aromatic N) is 2. The van der Waals surface area contributed by atoms with E-state index in [0.29, 0.717) is 23.7 Å². The summed E-state index contributed by atoms with van der Waals surface area (Å²) in [6.45, 7) is 6.11. The van der Waals surface area contributed by atoms with Crippen LogP contribution < -0.4 is 4.74 Å². The second kappa shape index (κ2) is 8.89. The number of carboxylic acids is 1. The molecule has 0 saturated carbocycles. The van der Waals surface area contributed by atoms with Gasteiger partial charge in [-0.05, 0) is 44.8 Å². The maximum Gasteiger partial charge on any atom is 0.306 e. The molecule has 1 atom stereocenters. The molecule has 1 unspecified atom stereocenters. The van der Waals surface area contributed by atoms with Crippen molar-refractivity contribution in [3.05, 3.63) is 36.0 Å². The van der Waals surface area contributed by atoms with Crippen LogP contribution in [0.25, 0.3) is 0 Å². The summed E-state index contributed by atoms with van der Waals surface area (Å²) in [5.74, 6) is -0.338. The first kappa shape index (κ1) is 17.8. The molecule has 0 bridgehead atoms. The van der Waals surface area contributed by atoms with Crippen LogP contribution in [0.15, 0.2) is 31.0 Å². The van der Waals surface area contributed by atoms with Gasteiger partial charge in [-0.1, -0.05) is 17.7 Å². The fourth-order valence-corrected chi connectivity index (χ4v) is 2.86. The summed E-state index contributed by atoms with van der Waals surface area (Å²) in [7, 11) is 0. The molecule has 1 fully saturated rings. The summed E-state index contributed by atoms with van der Waals surface area (Å²) >= 11 is 5.84. The van der Waals surface area contributed by atoms with E-state index in [0.717, 1.165) is 32.5 Å². The summed E-state index contributed by atoms with van der Waals surface area (Å²) in [5.41, 5.74) is 0. The molecule has 1 aromatic heterocycles. The highest BCUT2D eigenvalue weighted by Gasteiger charge is 2.26. The largest absolute Gasteiger partial charge is 0.481 e. The Morgan fingerprint density at radius 3 is 2.83 bits per heavy atom. The highest BCUT2D eigenvalue weighted by atomic mass is 35.5. The predicted molar refractivity (Wildman–Crippen MR) is 89.9 cm³/mol. The molecule has 2 heterocycles. The molecule has 0 spiro atoms. The van der Waals surface area contributed by atoms with Gasteiger partial charge in [0.1, 0.15) is 6.10 Å². The maximum atomic E-state index is 11.0. The van der Waals surface area contributed by atoms with Crippen molar-refractivity contribution >= 4 is 17.6 Å². The van der Waals surface area contributed by atoms with E-state index in [9.17, 15) is 4.79 Å². The van der Waals surface area contributed by atoms with Crippen molar-refractivity contribution < 1.29 is 14.6 Å². The van der Waals surface area contributed by atoms with Gasteiger partial charge in [0.05, 0.1) is 10.9 Å². The van der Waals surface area contributed by atoms with E-state index >= 15 is 0 Å². The van der Waals surface area contributed by atoms with Gasteiger partial charge < -0.3 is 9.84 Å². The van der Waals surface area contributed by atoms with E-state index in [4.69, 9.17) is 21.4 Å². The normalized spacial score (nSPS) is 17.6. The zero-order valence-electron chi connectivity index (χ0n) is 13.2. The summed E-state index contributed by atoms with van der Waals surface area (Å²) in [4.78, 5) is 17.5. The van der Waals surface area contributed by atoms with E-state index in [1.165, 1.54) is 0 Å². The SMILES string of the molecule is C=CCCC(CN1CCC(C(=O)O)CC1)Oc1ccc(Cl)cn1. The van der Waals surface area contributed by atoms with Crippen molar-refractivity contribution in [3.8, 4) is 5.88 Å². The van der Waals surface area contributed by atoms with Gasteiger partial charge in [-0.2, -0.15) is 0 Å². The maximum absolute atomic E-state index is 11.0. The van der Waals surface area contributed by atoms with Crippen molar-refractivity contribution in [2.45, 2.75) is 31.8 Å². The fourth-order valence-electron chi connectivity index (χ4n) is 2.74. The third kappa shape index (κ3) is 5.84. The Morgan fingerprint density at radius 1 is 1.52 bits per heavy atom. The van der Waals surface area contributed by atoms with E-state index in [1.807, 2.05) is 6.08 Å². The smallest absolute Gasteiger partial charge is 0.306 e. The molecular weight excluding hydrogens is 316 g/mol. The molecule has 1 N–H and O–H groups in total. The average Bonchev–Trinajstić information content (AvgIpc) is 2.55. The summed E-state index contributed by atoms with van der Waals surface area (Å²) in [6, 6.07) is 3.52. The summed E-state index contributed by atoms with van der Waals surface area (Å²) in [6.07, 6.45) is 6.56. The zero-order chi connectivity index (χ0) is 16.7. The minimum absolute atomic E-state index is 0.00283. The summed E-state index contributed by atoms with van der Waals surface area (Å²) < 4.78 is 5.97. The van der Waals surface area contributed by atoms with Crippen LogP contribution in [0.3, 0.4) is 0 Å². The number of carbonyl (C=O) groups is 1. The average molecular weight is 339 g/mol. The number of piperidine rings is 1. The lowest BCUT2D eigenvalue weighted by atomic mass is 9.97. The lowest BCUT2D eigenvalue weighted by Crippen LogP contribution is -2.42. The topological polar surface area (TPSA) is 62.7 Å². The summed E-state index contributed by atoms with van der Waals surface area (Å²) in [5, 5.41) is 9.65. The van der Waals surface area contributed by atoms with E-state index < -0.39 is 5.97 Å². The highest BCUT2D eigenvalue weighted by Crippen LogP contribution is 2.20. The van der Waals surface area contributed by atoms with Gasteiger partial charge in [0, 0.05) is 18.8 Å². The third-order valence-electron chi connectivity index (χ3n) is 4.08. The van der Waals surface area contributed by atoms with Gasteiger partial charge in [0.25, 0.3) is 0 Å². The number of pyridine rings is 1. The first-order valence-corrected chi connectivity index (χ1v) is 8.30. The third-order valence-corrected chi connectivity index (χ3v) is 4.30. The molecule has 23 heavy (non-hydrogen) atoms. The molecule has 1 aliphatic rings. The number of likely N-dealkylation sites (tertiary alicyclic amines) is 1. The van der Waals surface area contributed by atoms with Gasteiger partial charge in [-0.25, -0.2) is 4.98 Å². The van der Waals surface area contributed by atoms with Crippen molar-refractivity contribution in [2.75, 3.05) is 19.6 Å². The number of halogens is 1. The number of rotatable bonds is 8. The molecule has 2 rings (SSSR count). The fraction of sp³-hybridized carbons (Fsp3) is 0.529. The molecule has 1 aliphatic heterocycles. The molecule has 1 saturated heterocycles. The number of aliphatic carboxylic acids is 1. The van der Waals surface area contributed by atoms with Crippen LogP contribution in [0.2, 0.25) is 5.02 Å². The van der Waals surface area contributed by atoms with Crippen LogP contribution in [-0.4, -0.2) is 46.7 Å². The Kier molecular flexibility index (Phi) is 6.86. The Balaban J connectivity index is 1.89. The number of ether oxygens (including phenoxy) is 1. The number of allylic oxidation sites excluding steroid dienone is 1. The standard InChI is InChI=1S/C17H23ClN2O3/c1-2-3-4-15(23-16-6-5-14(18)11-19-16)12-20-9-7-13(8-10-20)17(21)22/h2,5-6,11,13,15H,1,3-4,7-10,12H2,(H,21,22). The molecule has 0 amide bonds. The lowest BCUT2D eigenvalue weighted by molar-refractivity contribution is -0.143. The van der Waals surface area contributed by atoms with Crippen LogP contribution in [-0.2, 0) is 4.79 Å². The van der Waals surface area contributed by atoms with Gasteiger partial charge >= 0.3 is 5.97 Å².